The summed E-state index contributed by atoms with van der Waals surface area (Å²) in [6.45, 7) is 16.4. The molecule has 0 aliphatic carbocycles. The maximum absolute atomic E-state index is 13.8. The van der Waals surface area contributed by atoms with Crippen molar-refractivity contribution in [2.45, 2.75) is 86.7 Å². The number of likely N-dealkylation sites (tertiary alicyclic amines) is 1. The van der Waals surface area contributed by atoms with Gasteiger partial charge in [-0.2, -0.15) is 0 Å². The number of carbonyl (C=O) groups is 2. The van der Waals surface area contributed by atoms with Crippen LogP contribution < -0.4 is 0 Å². The fourth-order valence-electron chi connectivity index (χ4n) is 3.86. The Kier molecular flexibility index (Phi) is 10.7. The van der Waals surface area contributed by atoms with Gasteiger partial charge in [0.15, 0.2) is 12.7 Å². The average molecular weight is 636 g/mol. The van der Waals surface area contributed by atoms with Crippen LogP contribution in [0.25, 0.3) is 10.2 Å². The molecular weight excluding hydrogens is 599 g/mol. The number of benzene rings is 1. The van der Waals surface area contributed by atoms with Gasteiger partial charge in [-0.3, -0.25) is 9.69 Å². The molecule has 6 nitrogen and oxygen atoms in total. The molecule has 1 saturated heterocycles. The third kappa shape index (κ3) is 7.11. The van der Waals surface area contributed by atoms with Crippen molar-refractivity contribution < 1.29 is 18.8 Å². The number of alkyl halides is 2. The third-order valence-electron chi connectivity index (χ3n) is 6.88. The van der Waals surface area contributed by atoms with Crippen LogP contribution in [0, 0.1) is 5.92 Å². The summed E-state index contributed by atoms with van der Waals surface area (Å²) in [5, 5.41) is -0.339. The molecule has 3 rings (SSSR count). The summed E-state index contributed by atoms with van der Waals surface area (Å²) in [5.41, 5.74) is 1.85. The Morgan fingerprint density at radius 2 is 1.89 bits per heavy atom. The fourth-order valence-corrected chi connectivity index (χ4v) is 9.47. The summed E-state index contributed by atoms with van der Waals surface area (Å²) in [7, 11) is 0.896. The number of β-lactam (4-membered cyclic amide) rings is 1. The molecule has 1 fully saturated rings. The quantitative estimate of drug-likeness (QED) is 0.0615. The molecule has 1 amide bonds. The number of aromatic nitrogens is 1. The number of thiazole rings is 1. The largest absolute Gasteiger partial charge is 0.458 e. The Hall–Kier alpha value is -0.753. The predicted molar refractivity (Wildman–Crippen MR) is 164 cm³/mol. The van der Waals surface area contributed by atoms with Gasteiger partial charge in [0.2, 0.25) is 5.91 Å². The predicted octanol–water partition coefficient (Wildman–Crippen LogP) is 8.26. The van der Waals surface area contributed by atoms with Crippen LogP contribution in [0.1, 0.15) is 48.0 Å². The van der Waals surface area contributed by atoms with Gasteiger partial charge in [0.05, 0.1) is 22.2 Å². The van der Waals surface area contributed by atoms with Gasteiger partial charge < -0.3 is 9.16 Å². The molecule has 2 heterocycles. The number of para-hydroxylation sites is 1. The number of hydrogen-bond donors (Lipinski definition) is 0. The SMILES string of the molecule is CCC(O[Si](C)(C)C(C)(C)C)[C@@H]1C(=O)N(C(C(=O)OCC(Cl)Cl)=C(C)C)[C@@H]1SSc1nc2ccccc2s1. The Bertz CT molecular complexity index is 1160. The highest BCUT2D eigenvalue weighted by Gasteiger charge is 2.56. The highest BCUT2D eigenvalue weighted by Crippen LogP contribution is 2.51. The summed E-state index contributed by atoms with van der Waals surface area (Å²) < 4.78 is 14.1. The first-order valence-electron chi connectivity index (χ1n) is 12.5. The van der Waals surface area contributed by atoms with Crippen LogP contribution in [0.15, 0.2) is 39.9 Å². The zero-order chi connectivity index (χ0) is 28.4. The standard InChI is InChI=1S/C26H36Cl2N2O4S3Si/c1-9-17(34-38(7,8)26(4,5)6)20-22(31)30(21(15(2)3)24(32)33-14-19(27)28)23(20)36-37-25-29-16-12-10-11-13-18(16)35-25/h10-13,17,19-20,23H,9,14H2,1-8H3/t17?,20-,23-/m1/s1. The lowest BCUT2D eigenvalue weighted by molar-refractivity contribution is -0.159. The van der Waals surface area contributed by atoms with Gasteiger partial charge in [-0.25, -0.2) is 9.78 Å². The van der Waals surface area contributed by atoms with Crippen molar-refractivity contribution in [3.8, 4) is 0 Å². The van der Waals surface area contributed by atoms with Crippen molar-refractivity contribution in [1.82, 2.24) is 9.88 Å². The smallest absolute Gasteiger partial charge is 0.355 e. The van der Waals surface area contributed by atoms with Crippen LogP contribution >= 0.6 is 56.1 Å². The maximum atomic E-state index is 13.8. The third-order valence-corrected chi connectivity index (χ3v) is 15.7. The lowest BCUT2D eigenvalue weighted by Gasteiger charge is -2.51. The van der Waals surface area contributed by atoms with Gasteiger partial charge >= 0.3 is 5.97 Å². The Labute approximate surface area is 248 Å². The summed E-state index contributed by atoms with van der Waals surface area (Å²) in [5.74, 6) is -1.16. The molecule has 0 spiro atoms. The number of ether oxygens (including phenoxy) is 1. The van der Waals surface area contributed by atoms with Crippen molar-refractivity contribution in [3.63, 3.8) is 0 Å². The fraction of sp³-hybridized carbons (Fsp3) is 0.577. The van der Waals surface area contributed by atoms with Crippen LogP contribution in [-0.2, 0) is 18.8 Å². The molecule has 210 valence electrons. The highest BCUT2D eigenvalue weighted by molar-refractivity contribution is 8.77. The van der Waals surface area contributed by atoms with Crippen LogP contribution in [0.3, 0.4) is 0 Å². The second-order valence-corrected chi connectivity index (χ2v) is 20.5. The first-order valence-corrected chi connectivity index (χ1v) is 19.3. The first-order chi connectivity index (χ1) is 17.7. The van der Waals surface area contributed by atoms with Crippen molar-refractivity contribution in [2.75, 3.05) is 6.61 Å². The summed E-state index contributed by atoms with van der Waals surface area (Å²) in [6, 6.07) is 7.99. The normalized spacial score (nSPS) is 19.0. The molecular formula is C26H36Cl2N2O4S3Si. The summed E-state index contributed by atoms with van der Waals surface area (Å²) in [6.07, 6.45) is 0.423. The molecule has 0 radical (unpaired) electrons. The average Bonchev–Trinajstić information content (AvgIpc) is 3.24. The molecule has 3 atom stereocenters. The van der Waals surface area contributed by atoms with Gasteiger partial charge in [-0.05, 0) is 66.9 Å². The van der Waals surface area contributed by atoms with Crippen LogP contribution in [0.2, 0.25) is 18.1 Å². The molecule has 0 bridgehead atoms. The topological polar surface area (TPSA) is 68.7 Å². The Balaban J connectivity index is 1.92. The number of allylic oxidation sites excluding steroid dienone is 1. The second-order valence-electron chi connectivity index (χ2n) is 10.9. The van der Waals surface area contributed by atoms with E-state index in [1.807, 2.05) is 31.2 Å². The van der Waals surface area contributed by atoms with E-state index in [1.54, 1.807) is 30.1 Å². The number of hydrogen-bond acceptors (Lipinski definition) is 8. The van der Waals surface area contributed by atoms with Crippen LogP contribution in [0.5, 0.6) is 0 Å². The van der Waals surface area contributed by atoms with E-state index in [4.69, 9.17) is 37.3 Å². The molecule has 0 N–H and O–H groups in total. The molecule has 0 saturated carbocycles. The highest BCUT2D eigenvalue weighted by atomic mass is 35.5. The monoisotopic (exact) mass is 634 g/mol. The van der Waals surface area contributed by atoms with E-state index >= 15 is 0 Å². The first kappa shape index (κ1) is 31.8. The van der Waals surface area contributed by atoms with E-state index in [-0.39, 0.29) is 34.7 Å². The van der Waals surface area contributed by atoms with E-state index in [0.717, 1.165) is 14.6 Å². The summed E-state index contributed by atoms with van der Waals surface area (Å²) >= 11 is 13.2. The molecule has 1 aliphatic heterocycles. The van der Waals surface area contributed by atoms with Gasteiger partial charge in [0.25, 0.3) is 0 Å². The molecule has 1 aromatic carbocycles. The minimum Gasteiger partial charge on any atom is -0.458 e. The number of nitrogens with zero attached hydrogens (tertiary/aromatic N) is 2. The molecule has 1 unspecified atom stereocenters. The second kappa shape index (κ2) is 12.8. The molecule has 2 aromatic rings. The minimum absolute atomic E-state index is 0.000174. The van der Waals surface area contributed by atoms with Crippen molar-refractivity contribution in [2.24, 2.45) is 5.92 Å². The lowest BCUT2D eigenvalue weighted by atomic mass is 9.89. The van der Waals surface area contributed by atoms with Crippen molar-refractivity contribution >= 4 is 86.5 Å². The number of carbonyl (C=O) groups excluding carboxylic acids is 2. The number of rotatable bonds is 11. The van der Waals surface area contributed by atoms with E-state index in [9.17, 15) is 9.59 Å². The minimum atomic E-state index is -2.15. The molecule has 12 heteroatoms. The zero-order valence-electron chi connectivity index (χ0n) is 23.0. The zero-order valence-corrected chi connectivity index (χ0v) is 28.0. The van der Waals surface area contributed by atoms with Gasteiger partial charge in [-0.15, -0.1) is 34.5 Å². The van der Waals surface area contributed by atoms with Crippen LogP contribution in [-0.4, -0.2) is 53.0 Å². The number of halogens is 2. The van der Waals surface area contributed by atoms with E-state index < -0.39 is 25.0 Å². The molecule has 1 aromatic heterocycles. The Morgan fingerprint density at radius 3 is 2.45 bits per heavy atom. The van der Waals surface area contributed by atoms with E-state index in [0.29, 0.717) is 12.0 Å². The molecule has 38 heavy (non-hydrogen) atoms. The number of amides is 1. The molecule has 1 aliphatic rings. The number of esters is 1. The van der Waals surface area contributed by atoms with Crippen molar-refractivity contribution in [1.29, 1.82) is 0 Å². The van der Waals surface area contributed by atoms with Gasteiger partial charge in [-0.1, -0.05) is 50.6 Å². The summed E-state index contributed by atoms with van der Waals surface area (Å²) in [4.78, 5) is 32.3. The van der Waals surface area contributed by atoms with Crippen LogP contribution in [0.4, 0.5) is 0 Å². The maximum Gasteiger partial charge on any atom is 0.355 e. The van der Waals surface area contributed by atoms with E-state index in [1.165, 1.54) is 21.6 Å². The lowest BCUT2D eigenvalue weighted by Crippen LogP contribution is -2.65. The van der Waals surface area contributed by atoms with Gasteiger partial charge in [0.1, 0.15) is 22.5 Å². The van der Waals surface area contributed by atoms with Gasteiger partial charge in [0, 0.05) is 0 Å². The Morgan fingerprint density at radius 1 is 1.24 bits per heavy atom. The van der Waals surface area contributed by atoms with E-state index in [2.05, 4.69) is 33.9 Å². The number of fused-ring (bicyclic) bond motifs is 1. The van der Waals surface area contributed by atoms with Crippen molar-refractivity contribution in [3.05, 3.63) is 35.5 Å².